The molecule has 1 amide bonds. The number of likely N-dealkylation sites (tertiary alicyclic amines) is 1. The third-order valence-electron chi connectivity index (χ3n) is 4.58. The van der Waals surface area contributed by atoms with Gasteiger partial charge in [0.25, 0.3) is 0 Å². The first kappa shape index (κ1) is 14.4. The third-order valence-corrected chi connectivity index (χ3v) is 4.58. The van der Waals surface area contributed by atoms with Crippen LogP contribution < -0.4 is 4.74 Å². The maximum atomic E-state index is 12.5. The average molecular weight is 288 g/mol. The molecule has 21 heavy (non-hydrogen) atoms. The number of ether oxygens (including phenoxy) is 1. The van der Waals surface area contributed by atoms with Crippen molar-refractivity contribution in [3.05, 3.63) is 23.9 Å². The summed E-state index contributed by atoms with van der Waals surface area (Å²) < 4.78 is 5.89. The van der Waals surface area contributed by atoms with Crippen LogP contribution in [-0.2, 0) is 4.79 Å². The van der Waals surface area contributed by atoms with Crippen LogP contribution in [0.2, 0.25) is 0 Å². The molecule has 0 radical (unpaired) electrons. The molecular formula is C17H24N2O2. The van der Waals surface area contributed by atoms with Crippen LogP contribution in [0.5, 0.6) is 5.88 Å². The molecule has 0 N–H and O–H groups in total. The van der Waals surface area contributed by atoms with E-state index in [9.17, 15) is 4.79 Å². The highest BCUT2D eigenvalue weighted by atomic mass is 16.5. The molecule has 3 rings (SSSR count). The fourth-order valence-corrected chi connectivity index (χ4v) is 3.33. The number of aryl methyl sites for hydroxylation is 1. The lowest BCUT2D eigenvalue weighted by Gasteiger charge is -2.26. The molecule has 4 heteroatoms. The summed E-state index contributed by atoms with van der Waals surface area (Å²) in [6, 6.07) is 3.91. The van der Waals surface area contributed by atoms with Crippen molar-refractivity contribution in [2.75, 3.05) is 13.1 Å². The first-order valence-electron chi connectivity index (χ1n) is 8.10. The Bertz CT molecular complexity index is 480. The normalized spacial score (nSPS) is 23.3. The number of nitrogens with zero attached hydrogens (tertiary/aromatic N) is 2. The maximum absolute atomic E-state index is 12.5. The number of amides is 1. The molecule has 4 nitrogen and oxygen atoms in total. The number of hydrogen-bond donors (Lipinski definition) is 0. The molecule has 2 fully saturated rings. The van der Waals surface area contributed by atoms with Crippen LogP contribution in [0, 0.1) is 12.8 Å². The first-order chi connectivity index (χ1) is 10.2. The summed E-state index contributed by atoms with van der Waals surface area (Å²) in [5.74, 6) is 1.27. The molecule has 1 atom stereocenters. The van der Waals surface area contributed by atoms with Crippen molar-refractivity contribution in [2.24, 2.45) is 5.92 Å². The van der Waals surface area contributed by atoms with Gasteiger partial charge in [0.1, 0.15) is 6.10 Å². The van der Waals surface area contributed by atoms with Gasteiger partial charge in [0, 0.05) is 31.1 Å². The largest absolute Gasteiger partial charge is 0.472 e. The van der Waals surface area contributed by atoms with Gasteiger partial charge < -0.3 is 9.64 Å². The predicted molar refractivity (Wildman–Crippen MR) is 81.2 cm³/mol. The van der Waals surface area contributed by atoms with E-state index >= 15 is 0 Å². The predicted octanol–water partition coefficient (Wildman–Crippen LogP) is 2.95. The Balaban J connectivity index is 1.52. The zero-order chi connectivity index (χ0) is 14.7. The number of carbonyl (C=O) groups excluding carboxylic acids is 1. The van der Waals surface area contributed by atoms with Crippen molar-refractivity contribution >= 4 is 5.91 Å². The Labute approximate surface area is 126 Å². The van der Waals surface area contributed by atoms with E-state index in [4.69, 9.17) is 4.74 Å². The quantitative estimate of drug-likeness (QED) is 0.859. The van der Waals surface area contributed by atoms with Gasteiger partial charge in [0.15, 0.2) is 0 Å². The number of aromatic nitrogens is 1. The summed E-state index contributed by atoms with van der Waals surface area (Å²) in [6.07, 6.45) is 8.65. The minimum Gasteiger partial charge on any atom is -0.472 e. The Morgan fingerprint density at radius 2 is 2.05 bits per heavy atom. The van der Waals surface area contributed by atoms with E-state index in [-0.39, 0.29) is 12.0 Å². The molecule has 1 saturated heterocycles. The van der Waals surface area contributed by atoms with Crippen molar-refractivity contribution < 1.29 is 9.53 Å². The van der Waals surface area contributed by atoms with Gasteiger partial charge >= 0.3 is 0 Å². The van der Waals surface area contributed by atoms with Gasteiger partial charge in [-0.2, -0.15) is 0 Å². The highest BCUT2D eigenvalue weighted by Crippen LogP contribution is 2.27. The summed E-state index contributed by atoms with van der Waals surface area (Å²) in [4.78, 5) is 18.8. The van der Waals surface area contributed by atoms with Crippen molar-refractivity contribution in [1.82, 2.24) is 9.88 Å². The van der Waals surface area contributed by atoms with Crippen LogP contribution in [0.25, 0.3) is 0 Å². The van der Waals surface area contributed by atoms with Crippen molar-refractivity contribution in [3.8, 4) is 5.88 Å². The van der Waals surface area contributed by atoms with E-state index < -0.39 is 0 Å². The van der Waals surface area contributed by atoms with Crippen molar-refractivity contribution in [3.63, 3.8) is 0 Å². The van der Waals surface area contributed by atoms with E-state index in [1.54, 1.807) is 0 Å². The third kappa shape index (κ3) is 3.55. The summed E-state index contributed by atoms with van der Waals surface area (Å²) in [5.41, 5.74) is 1.13. The molecule has 1 aliphatic heterocycles. The molecule has 0 aromatic carbocycles. The fraction of sp³-hybridized carbons (Fsp3) is 0.647. The first-order valence-corrected chi connectivity index (χ1v) is 8.10. The molecule has 0 spiro atoms. The zero-order valence-electron chi connectivity index (χ0n) is 12.8. The Morgan fingerprint density at radius 1 is 1.24 bits per heavy atom. The van der Waals surface area contributed by atoms with Crippen molar-refractivity contribution in [2.45, 2.75) is 51.6 Å². The summed E-state index contributed by atoms with van der Waals surface area (Å²) in [6.45, 7) is 3.55. The van der Waals surface area contributed by atoms with Gasteiger partial charge in [-0.3, -0.25) is 4.79 Å². The molecule has 1 unspecified atom stereocenters. The lowest BCUT2D eigenvalue weighted by Crippen LogP contribution is -2.36. The van der Waals surface area contributed by atoms with Crippen LogP contribution >= 0.6 is 0 Å². The molecule has 1 aromatic heterocycles. The topological polar surface area (TPSA) is 42.4 Å². The van der Waals surface area contributed by atoms with Crippen LogP contribution in [0.15, 0.2) is 18.3 Å². The Morgan fingerprint density at radius 3 is 2.76 bits per heavy atom. The van der Waals surface area contributed by atoms with Gasteiger partial charge in [0.2, 0.25) is 11.8 Å². The van der Waals surface area contributed by atoms with Crippen LogP contribution in [0.4, 0.5) is 0 Å². The van der Waals surface area contributed by atoms with E-state index in [0.29, 0.717) is 18.3 Å². The molecule has 2 aliphatic rings. The van der Waals surface area contributed by atoms with E-state index in [1.165, 1.54) is 19.3 Å². The molecule has 1 aromatic rings. The second-order valence-corrected chi connectivity index (χ2v) is 6.32. The molecule has 2 heterocycles. The van der Waals surface area contributed by atoms with Gasteiger partial charge in [0.05, 0.1) is 6.54 Å². The second kappa shape index (κ2) is 6.46. The van der Waals surface area contributed by atoms with Gasteiger partial charge in [-0.25, -0.2) is 4.98 Å². The number of pyridine rings is 1. The molecular weight excluding hydrogens is 264 g/mol. The van der Waals surface area contributed by atoms with Gasteiger partial charge in [-0.15, -0.1) is 0 Å². The highest BCUT2D eigenvalue weighted by Gasteiger charge is 2.32. The van der Waals surface area contributed by atoms with Crippen LogP contribution in [-0.4, -0.2) is 35.0 Å². The molecule has 114 valence electrons. The van der Waals surface area contributed by atoms with Crippen LogP contribution in [0.1, 0.15) is 44.1 Å². The number of rotatable bonds is 3. The number of carbonyl (C=O) groups is 1. The maximum Gasteiger partial charge on any atom is 0.225 e. The minimum absolute atomic E-state index is 0.0905. The number of hydrogen-bond acceptors (Lipinski definition) is 3. The SMILES string of the molecule is Cc1ccc(OC2CCN(C(=O)C3CCCCC3)C2)nc1. The average Bonchev–Trinajstić information content (AvgIpc) is 2.98. The molecule has 0 bridgehead atoms. The van der Waals surface area contributed by atoms with E-state index in [2.05, 4.69) is 4.98 Å². The minimum atomic E-state index is 0.0905. The van der Waals surface area contributed by atoms with Gasteiger partial charge in [-0.1, -0.05) is 25.3 Å². The lowest BCUT2D eigenvalue weighted by molar-refractivity contribution is -0.135. The highest BCUT2D eigenvalue weighted by molar-refractivity contribution is 5.79. The molecule has 1 saturated carbocycles. The van der Waals surface area contributed by atoms with E-state index in [0.717, 1.165) is 31.4 Å². The standard InChI is InChI=1S/C17H24N2O2/c1-13-7-8-16(18-11-13)21-15-9-10-19(12-15)17(20)14-5-3-2-4-6-14/h7-8,11,14-15H,2-6,9-10,12H2,1H3. The summed E-state index contributed by atoms with van der Waals surface area (Å²) >= 11 is 0. The van der Waals surface area contributed by atoms with Gasteiger partial charge in [-0.05, 0) is 25.3 Å². The van der Waals surface area contributed by atoms with E-state index in [1.807, 2.05) is 30.2 Å². The Kier molecular flexibility index (Phi) is 4.42. The summed E-state index contributed by atoms with van der Waals surface area (Å²) in [5, 5.41) is 0. The van der Waals surface area contributed by atoms with Crippen molar-refractivity contribution in [1.29, 1.82) is 0 Å². The molecule has 1 aliphatic carbocycles. The fourth-order valence-electron chi connectivity index (χ4n) is 3.33. The van der Waals surface area contributed by atoms with Crippen LogP contribution in [0.3, 0.4) is 0 Å². The second-order valence-electron chi connectivity index (χ2n) is 6.32. The lowest BCUT2D eigenvalue weighted by atomic mass is 9.88. The monoisotopic (exact) mass is 288 g/mol. The zero-order valence-corrected chi connectivity index (χ0v) is 12.8. The Hall–Kier alpha value is -1.58. The smallest absolute Gasteiger partial charge is 0.225 e. The summed E-state index contributed by atoms with van der Waals surface area (Å²) in [7, 11) is 0.